The van der Waals surface area contributed by atoms with Crippen molar-refractivity contribution in [3.05, 3.63) is 61.5 Å². The quantitative estimate of drug-likeness (QED) is 0.557. The van der Waals surface area contributed by atoms with Gasteiger partial charge in [-0.05, 0) is 35.3 Å². The molecule has 0 N–H and O–H groups in total. The summed E-state index contributed by atoms with van der Waals surface area (Å²) in [5, 5.41) is 10.9. The Morgan fingerprint density at radius 3 is 2.50 bits per heavy atom. The number of halogens is 1. The van der Waals surface area contributed by atoms with Crippen molar-refractivity contribution in [3.8, 4) is 0 Å². The van der Waals surface area contributed by atoms with Crippen LogP contribution in [0.25, 0.3) is 0 Å². The summed E-state index contributed by atoms with van der Waals surface area (Å²) in [6.07, 6.45) is 0. The summed E-state index contributed by atoms with van der Waals surface area (Å²) in [6.45, 7) is 6.93. The fourth-order valence-corrected chi connectivity index (χ4v) is 3.72. The van der Waals surface area contributed by atoms with Crippen LogP contribution in [0.1, 0.15) is 27.4 Å². The van der Waals surface area contributed by atoms with Crippen molar-refractivity contribution in [2.24, 2.45) is 0 Å². The molecule has 2 aromatic rings. The molecule has 0 radical (unpaired) electrons. The molecule has 7 nitrogen and oxygen atoms in total. The van der Waals surface area contributed by atoms with E-state index in [1.165, 1.54) is 6.07 Å². The van der Waals surface area contributed by atoms with Crippen LogP contribution < -0.4 is 0 Å². The van der Waals surface area contributed by atoms with Crippen molar-refractivity contribution < 1.29 is 14.1 Å². The van der Waals surface area contributed by atoms with E-state index in [4.69, 9.17) is 4.42 Å². The van der Waals surface area contributed by atoms with E-state index in [1.54, 1.807) is 19.1 Å². The van der Waals surface area contributed by atoms with Gasteiger partial charge in [0.05, 0.1) is 15.0 Å². The average Bonchev–Trinajstić information content (AvgIpc) is 2.87. The SMILES string of the molecule is Cc1oc(C)c(C(=O)N2CCN(Cc3cccc([N+](=O)[O-])c3)CC2)c1Br. The number of carbonyl (C=O) groups excluding carboxylic acids is 1. The molecule has 0 bridgehead atoms. The minimum Gasteiger partial charge on any atom is -0.465 e. The normalized spacial score (nSPS) is 15.3. The number of aryl methyl sites for hydroxylation is 2. The first kappa shape index (κ1) is 18.6. The van der Waals surface area contributed by atoms with Gasteiger partial charge in [-0.25, -0.2) is 0 Å². The third-order valence-corrected chi connectivity index (χ3v) is 5.54. The number of nitro benzene ring substituents is 1. The number of rotatable bonds is 4. The number of nitro groups is 1. The maximum atomic E-state index is 12.8. The number of amides is 1. The maximum Gasteiger partial charge on any atom is 0.269 e. The van der Waals surface area contributed by atoms with Crippen LogP contribution in [0.15, 0.2) is 33.2 Å². The van der Waals surface area contributed by atoms with Crippen molar-refractivity contribution in [1.29, 1.82) is 0 Å². The molecule has 26 heavy (non-hydrogen) atoms. The largest absolute Gasteiger partial charge is 0.465 e. The fourth-order valence-electron chi connectivity index (χ4n) is 3.19. The van der Waals surface area contributed by atoms with Crippen molar-refractivity contribution in [2.75, 3.05) is 26.2 Å². The third kappa shape index (κ3) is 3.81. The van der Waals surface area contributed by atoms with Gasteiger partial charge in [0.2, 0.25) is 0 Å². The first-order valence-electron chi connectivity index (χ1n) is 8.37. The second-order valence-corrected chi connectivity index (χ2v) is 7.19. The Kier molecular flexibility index (Phi) is 5.43. The van der Waals surface area contributed by atoms with E-state index < -0.39 is 0 Å². The Bertz CT molecular complexity index is 841. The van der Waals surface area contributed by atoms with Gasteiger partial charge in [0, 0.05) is 44.9 Å². The van der Waals surface area contributed by atoms with E-state index in [9.17, 15) is 14.9 Å². The average molecular weight is 422 g/mol. The monoisotopic (exact) mass is 421 g/mol. The lowest BCUT2D eigenvalue weighted by Crippen LogP contribution is -2.48. The summed E-state index contributed by atoms with van der Waals surface area (Å²) in [7, 11) is 0. The summed E-state index contributed by atoms with van der Waals surface area (Å²) in [6, 6.07) is 6.69. The second-order valence-electron chi connectivity index (χ2n) is 6.40. The van der Waals surface area contributed by atoms with Crippen LogP contribution >= 0.6 is 15.9 Å². The zero-order chi connectivity index (χ0) is 18.8. The highest BCUT2D eigenvalue weighted by Gasteiger charge is 2.27. The number of furan rings is 1. The van der Waals surface area contributed by atoms with Gasteiger partial charge in [-0.15, -0.1) is 0 Å². The molecule has 1 aliphatic rings. The topological polar surface area (TPSA) is 79.8 Å². The fraction of sp³-hybridized carbons (Fsp3) is 0.389. The lowest BCUT2D eigenvalue weighted by molar-refractivity contribution is -0.384. The van der Waals surface area contributed by atoms with E-state index in [-0.39, 0.29) is 16.5 Å². The van der Waals surface area contributed by atoms with Crippen LogP contribution in [0, 0.1) is 24.0 Å². The highest BCUT2D eigenvalue weighted by atomic mass is 79.9. The van der Waals surface area contributed by atoms with Gasteiger partial charge in [0.1, 0.15) is 11.5 Å². The molecule has 8 heteroatoms. The molecular weight excluding hydrogens is 402 g/mol. The minimum atomic E-state index is -0.382. The van der Waals surface area contributed by atoms with Crippen LogP contribution in [0.2, 0.25) is 0 Å². The molecular formula is C18H20BrN3O4. The number of hydrogen-bond acceptors (Lipinski definition) is 5. The predicted molar refractivity (Wildman–Crippen MR) is 100 cm³/mol. The molecule has 3 rings (SSSR count). The molecule has 138 valence electrons. The second kappa shape index (κ2) is 7.59. The summed E-state index contributed by atoms with van der Waals surface area (Å²) < 4.78 is 6.25. The van der Waals surface area contributed by atoms with E-state index in [0.29, 0.717) is 36.7 Å². The van der Waals surface area contributed by atoms with Gasteiger partial charge in [-0.3, -0.25) is 19.8 Å². The third-order valence-electron chi connectivity index (χ3n) is 4.59. The molecule has 0 aliphatic carbocycles. The number of non-ortho nitro benzene ring substituents is 1. The van der Waals surface area contributed by atoms with E-state index in [1.807, 2.05) is 17.9 Å². The molecule has 1 fully saturated rings. The molecule has 1 aromatic heterocycles. The summed E-state index contributed by atoms with van der Waals surface area (Å²) in [4.78, 5) is 27.3. The van der Waals surface area contributed by atoms with Crippen molar-refractivity contribution in [1.82, 2.24) is 9.80 Å². The first-order chi connectivity index (χ1) is 12.4. The Hall–Kier alpha value is -2.19. The van der Waals surface area contributed by atoms with Crippen LogP contribution in [0.5, 0.6) is 0 Å². The van der Waals surface area contributed by atoms with Crippen LogP contribution in [0.4, 0.5) is 5.69 Å². The molecule has 1 aliphatic heterocycles. The molecule has 1 amide bonds. The maximum absolute atomic E-state index is 12.8. The van der Waals surface area contributed by atoms with E-state index in [0.717, 1.165) is 23.1 Å². The lowest BCUT2D eigenvalue weighted by Gasteiger charge is -2.34. The number of carbonyl (C=O) groups is 1. The number of benzene rings is 1. The standard InChI is InChI=1S/C18H20BrN3O4/c1-12-16(17(19)13(2)26-12)18(23)21-8-6-20(7-9-21)11-14-4-3-5-15(10-14)22(24)25/h3-5,10H,6-9,11H2,1-2H3. The van der Waals surface area contributed by atoms with Gasteiger partial charge in [-0.1, -0.05) is 12.1 Å². The molecule has 1 saturated heterocycles. The molecule has 0 unspecified atom stereocenters. The summed E-state index contributed by atoms with van der Waals surface area (Å²) in [5.41, 5.74) is 1.60. The van der Waals surface area contributed by atoms with Gasteiger partial charge < -0.3 is 9.32 Å². The summed E-state index contributed by atoms with van der Waals surface area (Å²) in [5.74, 6) is 1.30. The van der Waals surface area contributed by atoms with E-state index in [2.05, 4.69) is 20.8 Å². The molecule has 2 heterocycles. The lowest BCUT2D eigenvalue weighted by atomic mass is 10.1. The zero-order valence-electron chi connectivity index (χ0n) is 14.7. The molecule has 1 aromatic carbocycles. The van der Waals surface area contributed by atoms with Crippen molar-refractivity contribution >= 4 is 27.5 Å². The van der Waals surface area contributed by atoms with Crippen LogP contribution in [-0.2, 0) is 6.54 Å². The van der Waals surface area contributed by atoms with Crippen LogP contribution in [-0.4, -0.2) is 46.8 Å². The minimum absolute atomic E-state index is 0.0266. The summed E-state index contributed by atoms with van der Waals surface area (Å²) >= 11 is 3.44. The molecule has 0 spiro atoms. The van der Waals surface area contributed by atoms with Crippen molar-refractivity contribution in [2.45, 2.75) is 20.4 Å². The smallest absolute Gasteiger partial charge is 0.269 e. The Morgan fingerprint density at radius 1 is 1.23 bits per heavy atom. The highest BCUT2D eigenvalue weighted by Crippen LogP contribution is 2.29. The van der Waals surface area contributed by atoms with Gasteiger partial charge in [-0.2, -0.15) is 0 Å². The Morgan fingerprint density at radius 2 is 1.92 bits per heavy atom. The zero-order valence-corrected chi connectivity index (χ0v) is 16.3. The predicted octanol–water partition coefficient (Wildman–Crippen LogP) is 3.53. The number of nitrogens with zero attached hydrogens (tertiary/aromatic N) is 3. The highest BCUT2D eigenvalue weighted by molar-refractivity contribution is 9.10. The number of hydrogen-bond donors (Lipinski definition) is 0. The number of piperazine rings is 1. The van der Waals surface area contributed by atoms with Gasteiger partial charge in [0.25, 0.3) is 11.6 Å². The Balaban J connectivity index is 1.61. The van der Waals surface area contributed by atoms with Crippen LogP contribution in [0.3, 0.4) is 0 Å². The van der Waals surface area contributed by atoms with E-state index >= 15 is 0 Å². The van der Waals surface area contributed by atoms with Gasteiger partial charge >= 0.3 is 0 Å². The first-order valence-corrected chi connectivity index (χ1v) is 9.16. The Labute approximate surface area is 159 Å². The molecule has 0 saturated carbocycles. The van der Waals surface area contributed by atoms with Gasteiger partial charge in [0.15, 0.2) is 0 Å². The molecule has 0 atom stereocenters. The van der Waals surface area contributed by atoms with Crippen molar-refractivity contribution in [3.63, 3.8) is 0 Å².